The van der Waals surface area contributed by atoms with Crippen LogP contribution in [0.3, 0.4) is 0 Å². The zero-order valence-corrected chi connectivity index (χ0v) is 15.8. The fourth-order valence-electron chi connectivity index (χ4n) is 2.33. The lowest BCUT2D eigenvalue weighted by Gasteiger charge is -2.09. The first-order valence-electron chi connectivity index (χ1n) is 8.42. The predicted molar refractivity (Wildman–Crippen MR) is 104 cm³/mol. The van der Waals surface area contributed by atoms with Gasteiger partial charge >= 0.3 is 0 Å². The maximum atomic E-state index is 12.4. The van der Waals surface area contributed by atoms with Gasteiger partial charge in [0, 0.05) is 17.0 Å². The number of amides is 1. The summed E-state index contributed by atoms with van der Waals surface area (Å²) in [5.74, 6) is 0.543. The minimum Gasteiger partial charge on any atom is -0.489 e. The van der Waals surface area contributed by atoms with Gasteiger partial charge in [0.25, 0.3) is 5.91 Å². The van der Waals surface area contributed by atoms with E-state index in [9.17, 15) is 4.79 Å². The van der Waals surface area contributed by atoms with E-state index in [4.69, 9.17) is 10.00 Å². The highest BCUT2D eigenvalue weighted by molar-refractivity contribution is 7.15. The van der Waals surface area contributed by atoms with E-state index in [-0.39, 0.29) is 18.4 Å². The summed E-state index contributed by atoms with van der Waals surface area (Å²) < 4.78 is 5.75. The van der Waals surface area contributed by atoms with Gasteiger partial charge in [-0.1, -0.05) is 49.4 Å². The third-order valence-electron chi connectivity index (χ3n) is 3.78. The van der Waals surface area contributed by atoms with Gasteiger partial charge < -0.3 is 4.74 Å². The van der Waals surface area contributed by atoms with Crippen molar-refractivity contribution in [3.63, 3.8) is 0 Å². The molecule has 0 bridgehead atoms. The number of hydrogen-bond donors (Lipinski definition) is 1. The summed E-state index contributed by atoms with van der Waals surface area (Å²) >= 11 is 1.36. The van der Waals surface area contributed by atoms with E-state index in [2.05, 4.69) is 21.6 Å². The highest BCUT2D eigenvalue weighted by Gasteiger charge is 2.12. The molecular formula is C20H18N4O2S. The van der Waals surface area contributed by atoms with Crippen LogP contribution in [0.2, 0.25) is 0 Å². The van der Waals surface area contributed by atoms with Gasteiger partial charge in [-0.05, 0) is 24.3 Å². The van der Waals surface area contributed by atoms with Crippen molar-refractivity contribution in [2.45, 2.75) is 26.4 Å². The van der Waals surface area contributed by atoms with E-state index < -0.39 is 0 Å². The molecule has 0 spiro atoms. The second kappa shape index (κ2) is 8.43. The van der Waals surface area contributed by atoms with E-state index in [1.54, 1.807) is 30.3 Å². The normalized spacial score (nSPS) is 10.4. The van der Waals surface area contributed by atoms with Crippen LogP contribution in [0, 0.1) is 11.3 Å². The van der Waals surface area contributed by atoms with Crippen LogP contribution in [0.5, 0.6) is 5.75 Å². The maximum Gasteiger partial charge on any atom is 0.257 e. The van der Waals surface area contributed by atoms with Crippen LogP contribution < -0.4 is 10.1 Å². The van der Waals surface area contributed by atoms with Crippen molar-refractivity contribution in [1.82, 2.24) is 10.2 Å². The lowest BCUT2D eigenvalue weighted by molar-refractivity contribution is 0.102. The minimum atomic E-state index is -0.274. The molecular weight excluding hydrogens is 360 g/mol. The second-order valence-electron chi connectivity index (χ2n) is 6.14. The van der Waals surface area contributed by atoms with E-state index >= 15 is 0 Å². The third kappa shape index (κ3) is 4.68. The van der Waals surface area contributed by atoms with E-state index in [0.717, 1.165) is 10.6 Å². The average molecular weight is 378 g/mol. The topological polar surface area (TPSA) is 87.9 Å². The summed E-state index contributed by atoms with van der Waals surface area (Å²) in [6.07, 6.45) is 0. The van der Waals surface area contributed by atoms with Gasteiger partial charge in [0.15, 0.2) is 0 Å². The van der Waals surface area contributed by atoms with E-state index in [1.807, 2.05) is 32.0 Å². The summed E-state index contributed by atoms with van der Waals surface area (Å²) in [5, 5.41) is 21.3. The smallest absolute Gasteiger partial charge is 0.257 e. The largest absolute Gasteiger partial charge is 0.489 e. The highest BCUT2D eigenvalue weighted by Crippen LogP contribution is 2.23. The first-order valence-corrected chi connectivity index (χ1v) is 9.24. The van der Waals surface area contributed by atoms with Crippen LogP contribution in [0.25, 0.3) is 0 Å². The van der Waals surface area contributed by atoms with Crippen molar-refractivity contribution in [1.29, 1.82) is 5.26 Å². The Morgan fingerprint density at radius 2 is 2.04 bits per heavy atom. The molecule has 1 aromatic heterocycles. The number of carbonyl (C=O) groups is 1. The molecule has 3 rings (SSSR count). The van der Waals surface area contributed by atoms with Crippen LogP contribution in [0.1, 0.15) is 46.3 Å². The van der Waals surface area contributed by atoms with Crippen LogP contribution >= 0.6 is 11.3 Å². The number of benzene rings is 2. The molecule has 1 N–H and O–H groups in total. The number of anilines is 1. The fourth-order valence-corrected chi connectivity index (χ4v) is 3.07. The van der Waals surface area contributed by atoms with Gasteiger partial charge in [0.2, 0.25) is 5.13 Å². The van der Waals surface area contributed by atoms with Crippen LogP contribution in [0.15, 0.2) is 48.5 Å². The molecule has 0 fully saturated rings. The first-order chi connectivity index (χ1) is 13.1. The zero-order valence-electron chi connectivity index (χ0n) is 15.0. The number of nitrogens with zero attached hydrogens (tertiary/aromatic N) is 3. The molecule has 6 nitrogen and oxygen atoms in total. The van der Waals surface area contributed by atoms with Gasteiger partial charge in [-0.2, -0.15) is 5.26 Å². The van der Waals surface area contributed by atoms with Crippen LogP contribution in [-0.2, 0) is 6.61 Å². The molecule has 0 saturated heterocycles. The summed E-state index contributed by atoms with van der Waals surface area (Å²) in [6.45, 7) is 4.30. The molecule has 2 aromatic carbocycles. The van der Waals surface area contributed by atoms with Crippen molar-refractivity contribution >= 4 is 22.4 Å². The Kier molecular flexibility index (Phi) is 5.79. The minimum absolute atomic E-state index is 0.253. The highest BCUT2D eigenvalue weighted by atomic mass is 32.1. The molecule has 1 amide bonds. The SMILES string of the molecule is CC(C)c1nnc(NC(=O)c2cccc(OCc3ccccc3C#N)c2)s1. The third-order valence-corrected chi connectivity index (χ3v) is 4.92. The molecule has 0 saturated carbocycles. The Bertz CT molecular complexity index is 991. The number of hydrogen-bond acceptors (Lipinski definition) is 6. The Balaban J connectivity index is 1.67. The fraction of sp³-hybridized carbons (Fsp3) is 0.200. The van der Waals surface area contributed by atoms with Crippen molar-refractivity contribution in [2.24, 2.45) is 0 Å². The van der Waals surface area contributed by atoms with E-state index in [0.29, 0.717) is 22.0 Å². The van der Waals surface area contributed by atoms with Crippen molar-refractivity contribution < 1.29 is 9.53 Å². The Morgan fingerprint density at radius 3 is 2.78 bits per heavy atom. The van der Waals surface area contributed by atoms with Gasteiger partial charge in [-0.15, -0.1) is 10.2 Å². The van der Waals surface area contributed by atoms with Crippen molar-refractivity contribution in [2.75, 3.05) is 5.32 Å². The predicted octanol–water partition coefficient (Wildman–Crippen LogP) is 4.36. The summed E-state index contributed by atoms with van der Waals surface area (Å²) in [6, 6.07) is 16.3. The summed E-state index contributed by atoms with van der Waals surface area (Å²) in [4.78, 5) is 12.4. The molecule has 1 heterocycles. The van der Waals surface area contributed by atoms with Gasteiger partial charge in [0.1, 0.15) is 17.4 Å². The lowest BCUT2D eigenvalue weighted by Crippen LogP contribution is -2.11. The standard InChI is InChI=1S/C20H18N4O2S/c1-13(2)19-23-24-20(27-19)22-18(25)14-8-5-9-17(10-14)26-12-16-7-4-3-6-15(16)11-21/h3-10,13H,12H2,1-2H3,(H,22,24,25). The number of nitrogens with one attached hydrogen (secondary N) is 1. The summed E-state index contributed by atoms with van der Waals surface area (Å²) in [7, 11) is 0. The van der Waals surface area contributed by atoms with Crippen LogP contribution in [0.4, 0.5) is 5.13 Å². The quantitative estimate of drug-likeness (QED) is 0.688. The lowest BCUT2D eigenvalue weighted by atomic mass is 10.1. The number of carbonyl (C=O) groups excluding carboxylic acids is 1. The maximum absolute atomic E-state index is 12.4. The molecule has 0 aliphatic rings. The van der Waals surface area contributed by atoms with Crippen molar-refractivity contribution in [3.8, 4) is 11.8 Å². The monoisotopic (exact) mass is 378 g/mol. The number of ether oxygens (including phenoxy) is 1. The molecule has 0 aliphatic carbocycles. The molecule has 136 valence electrons. The van der Waals surface area contributed by atoms with E-state index in [1.165, 1.54) is 11.3 Å². The number of rotatable bonds is 6. The van der Waals surface area contributed by atoms with Crippen molar-refractivity contribution in [3.05, 3.63) is 70.2 Å². The molecule has 27 heavy (non-hydrogen) atoms. The molecule has 0 radical (unpaired) electrons. The molecule has 0 atom stereocenters. The first kappa shape index (κ1) is 18.5. The van der Waals surface area contributed by atoms with Gasteiger partial charge in [-0.25, -0.2) is 0 Å². The van der Waals surface area contributed by atoms with Gasteiger partial charge in [-0.3, -0.25) is 10.1 Å². The summed E-state index contributed by atoms with van der Waals surface area (Å²) in [5.41, 5.74) is 1.83. The molecule has 0 unspecified atom stereocenters. The van der Waals surface area contributed by atoms with Crippen LogP contribution in [-0.4, -0.2) is 16.1 Å². The zero-order chi connectivity index (χ0) is 19.2. The Morgan fingerprint density at radius 1 is 1.22 bits per heavy atom. The van der Waals surface area contributed by atoms with Gasteiger partial charge in [0.05, 0.1) is 11.6 Å². The average Bonchev–Trinajstić information content (AvgIpc) is 3.15. The number of nitriles is 1. The molecule has 7 heteroatoms. The molecule has 3 aromatic rings. The second-order valence-corrected chi connectivity index (χ2v) is 7.15. The Hall–Kier alpha value is -3.24. The number of aromatic nitrogens is 2. The Labute approximate surface area is 161 Å². The molecule has 0 aliphatic heterocycles.